The van der Waals surface area contributed by atoms with Crippen molar-refractivity contribution in [3.63, 3.8) is 0 Å². The van der Waals surface area contributed by atoms with Gasteiger partial charge in [-0.15, -0.1) is 11.6 Å². The normalized spacial score (nSPS) is 10.3. The lowest BCUT2D eigenvalue weighted by Gasteiger charge is -2.01. The molecule has 0 saturated heterocycles. The molecule has 0 N–H and O–H groups in total. The van der Waals surface area contributed by atoms with Crippen LogP contribution in [0.4, 0.5) is 4.39 Å². The number of rotatable bonds is 2. The fraction of sp³-hybridized carbons (Fsp3) is 0.0909. The number of halogens is 2. The molecule has 0 radical (unpaired) electrons. The maximum absolute atomic E-state index is 12.7. The van der Waals surface area contributed by atoms with Crippen molar-refractivity contribution in [2.45, 2.75) is 5.88 Å². The first kappa shape index (κ1) is 10.1. The third-order valence-electron chi connectivity index (χ3n) is 1.95. The minimum atomic E-state index is -0.271. The van der Waals surface area contributed by atoms with E-state index in [0.29, 0.717) is 11.7 Å². The lowest BCUT2D eigenvalue weighted by Crippen LogP contribution is -1.92. The third-order valence-corrected chi connectivity index (χ3v) is 2.23. The van der Waals surface area contributed by atoms with Crippen LogP contribution in [0.3, 0.4) is 0 Å². The van der Waals surface area contributed by atoms with Crippen LogP contribution in [0, 0.1) is 5.82 Å². The first-order valence-corrected chi connectivity index (χ1v) is 4.97. The Morgan fingerprint density at radius 2 is 1.87 bits per heavy atom. The molecule has 15 heavy (non-hydrogen) atoms. The van der Waals surface area contributed by atoms with Crippen molar-refractivity contribution in [1.29, 1.82) is 0 Å². The predicted octanol–water partition coefficient (Wildman–Crippen LogP) is 3.02. The smallest absolute Gasteiger partial charge is 0.159 e. The molecule has 1 aromatic carbocycles. The summed E-state index contributed by atoms with van der Waals surface area (Å²) in [4.78, 5) is 8.32. The van der Waals surface area contributed by atoms with E-state index in [9.17, 15) is 4.39 Å². The second-order valence-electron chi connectivity index (χ2n) is 3.01. The number of hydrogen-bond acceptors (Lipinski definition) is 2. The summed E-state index contributed by atoms with van der Waals surface area (Å²) in [6.45, 7) is 0. The molecule has 0 unspecified atom stereocenters. The first-order chi connectivity index (χ1) is 7.29. The van der Waals surface area contributed by atoms with E-state index >= 15 is 0 Å². The van der Waals surface area contributed by atoms with E-state index in [4.69, 9.17) is 11.6 Å². The summed E-state index contributed by atoms with van der Waals surface area (Å²) >= 11 is 5.66. The number of hydrogen-bond donors (Lipinski definition) is 0. The van der Waals surface area contributed by atoms with E-state index in [0.717, 1.165) is 11.3 Å². The average Bonchev–Trinajstić information content (AvgIpc) is 2.30. The molecule has 0 aliphatic carbocycles. The molecular weight excluding hydrogens is 215 g/mol. The Balaban J connectivity index is 2.40. The van der Waals surface area contributed by atoms with Crippen molar-refractivity contribution >= 4 is 11.6 Å². The molecule has 0 saturated carbocycles. The summed E-state index contributed by atoms with van der Waals surface area (Å²) < 4.78 is 12.7. The van der Waals surface area contributed by atoms with Crippen LogP contribution < -0.4 is 0 Å². The number of benzene rings is 1. The number of nitrogens with zero attached hydrogens (tertiary/aromatic N) is 2. The molecule has 4 heteroatoms. The largest absolute Gasteiger partial charge is 0.237 e. The highest BCUT2D eigenvalue weighted by molar-refractivity contribution is 6.16. The zero-order valence-corrected chi connectivity index (χ0v) is 8.58. The van der Waals surface area contributed by atoms with Crippen LogP contribution in [0.2, 0.25) is 0 Å². The van der Waals surface area contributed by atoms with Crippen molar-refractivity contribution < 1.29 is 4.39 Å². The first-order valence-electron chi connectivity index (χ1n) is 4.43. The molecular formula is C11H8ClFN2. The summed E-state index contributed by atoms with van der Waals surface area (Å²) in [5.74, 6) is 0.636. The molecule has 0 aliphatic heterocycles. The summed E-state index contributed by atoms with van der Waals surface area (Å²) in [5.41, 5.74) is 1.54. The minimum absolute atomic E-state index is 0.271. The Hall–Kier alpha value is -1.48. The highest BCUT2D eigenvalue weighted by Crippen LogP contribution is 2.15. The van der Waals surface area contributed by atoms with Crippen molar-refractivity contribution in [3.8, 4) is 11.4 Å². The van der Waals surface area contributed by atoms with E-state index in [1.165, 1.54) is 12.1 Å². The maximum atomic E-state index is 12.7. The van der Waals surface area contributed by atoms with Crippen LogP contribution in [0.25, 0.3) is 11.4 Å². The third kappa shape index (κ3) is 2.30. The quantitative estimate of drug-likeness (QED) is 0.730. The van der Waals surface area contributed by atoms with E-state index in [1.54, 1.807) is 24.4 Å². The SMILES string of the molecule is Fc1ccc(-c2nccc(CCl)n2)cc1. The Morgan fingerprint density at radius 3 is 2.53 bits per heavy atom. The zero-order valence-electron chi connectivity index (χ0n) is 7.82. The van der Waals surface area contributed by atoms with Crippen molar-refractivity contribution in [2.75, 3.05) is 0 Å². The predicted molar refractivity (Wildman–Crippen MR) is 57.0 cm³/mol. The van der Waals surface area contributed by atoms with Gasteiger partial charge in [0.25, 0.3) is 0 Å². The molecule has 0 spiro atoms. The van der Waals surface area contributed by atoms with Crippen LogP contribution in [-0.2, 0) is 5.88 Å². The van der Waals surface area contributed by atoms with Gasteiger partial charge in [0.05, 0.1) is 11.6 Å². The van der Waals surface area contributed by atoms with E-state index < -0.39 is 0 Å². The van der Waals surface area contributed by atoms with Gasteiger partial charge in [0.2, 0.25) is 0 Å². The van der Waals surface area contributed by atoms with Crippen molar-refractivity contribution in [2.24, 2.45) is 0 Å². The minimum Gasteiger partial charge on any atom is -0.237 e. The van der Waals surface area contributed by atoms with E-state index in [2.05, 4.69) is 9.97 Å². The number of aromatic nitrogens is 2. The van der Waals surface area contributed by atoms with Gasteiger partial charge >= 0.3 is 0 Å². The molecule has 0 fully saturated rings. The Morgan fingerprint density at radius 1 is 1.13 bits per heavy atom. The zero-order chi connectivity index (χ0) is 10.7. The molecule has 76 valence electrons. The molecule has 2 nitrogen and oxygen atoms in total. The van der Waals surface area contributed by atoms with Gasteiger partial charge in [-0.3, -0.25) is 0 Å². The molecule has 1 aromatic heterocycles. The summed E-state index contributed by atoms with van der Waals surface area (Å²) in [5, 5.41) is 0. The molecule has 2 aromatic rings. The Labute approximate surface area is 91.8 Å². The summed E-state index contributed by atoms with van der Waals surface area (Å²) in [6, 6.07) is 7.80. The average molecular weight is 223 g/mol. The van der Waals surface area contributed by atoms with Crippen molar-refractivity contribution in [1.82, 2.24) is 9.97 Å². The topological polar surface area (TPSA) is 25.8 Å². The lowest BCUT2D eigenvalue weighted by atomic mass is 10.2. The van der Waals surface area contributed by atoms with E-state index in [-0.39, 0.29) is 5.82 Å². The van der Waals surface area contributed by atoms with Gasteiger partial charge in [-0.25, -0.2) is 14.4 Å². The van der Waals surface area contributed by atoms with Gasteiger partial charge in [-0.05, 0) is 30.3 Å². The van der Waals surface area contributed by atoms with Gasteiger partial charge in [-0.1, -0.05) is 0 Å². The van der Waals surface area contributed by atoms with E-state index in [1.807, 2.05) is 0 Å². The van der Waals surface area contributed by atoms with Gasteiger partial charge in [0.15, 0.2) is 5.82 Å². The standard InChI is InChI=1S/C11H8ClFN2/c12-7-10-5-6-14-11(15-10)8-1-3-9(13)4-2-8/h1-6H,7H2. The second kappa shape index (κ2) is 4.36. The highest BCUT2D eigenvalue weighted by Gasteiger charge is 2.01. The molecule has 0 atom stereocenters. The lowest BCUT2D eigenvalue weighted by molar-refractivity contribution is 0.628. The second-order valence-corrected chi connectivity index (χ2v) is 3.28. The fourth-order valence-electron chi connectivity index (χ4n) is 1.21. The van der Waals surface area contributed by atoms with Gasteiger partial charge in [0.1, 0.15) is 5.82 Å². The molecule has 0 aliphatic rings. The Bertz CT molecular complexity index is 456. The Kier molecular flexibility index (Phi) is 2.92. The van der Waals surface area contributed by atoms with Crippen LogP contribution in [-0.4, -0.2) is 9.97 Å². The summed E-state index contributed by atoms with van der Waals surface area (Å²) in [6.07, 6.45) is 1.64. The fourth-order valence-corrected chi connectivity index (χ4v) is 1.36. The van der Waals surface area contributed by atoms with Gasteiger partial charge < -0.3 is 0 Å². The monoisotopic (exact) mass is 222 g/mol. The number of alkyl halides is 1. The van der Waals surface area contributed by atoms with Crippen LogP contribution in [0.15, 0.2) is 36.5 Å². The molecule has 0 bridgehead atoms. The molecule has 0 amide bonds. The summed E-state index contributed by atoms with van der Waals surface area (Å²) in [7, 11) is 0. The van der Waals surface area contributed by atoms with Crippen LogP contribution in [0.5, 0.6) is 0 Å². The van der Waals surface area contributed by atoms with Gasteiger partial charge in [0, 0.05) is 11.8 Å². The molecule has 2 rings (SSSR count). The van der Waals surface area contributed by atoms with Crippen molar-refractivity contribution in [3.05, 3.63) is 48.0 Å². The maximum Gasteiger partial charge on any atom is 0.159 e. The van der Waals surface area contributed by atoms with Gasteiger partial charge in [-0.2, -0.15) is 0 Å². The highest BCUT2D eigenvalue weighted by atomic mass is 35.5. The molecule has 1 heterocycles. The van der Waals surface area contributed by atoms with Crippen LogP contribution in [0.1, 0.15) is 5.69 Å². The van der Waals surface area contributed by atoms with Crippen LogP contribution >= 0.6 is 11.6 Å².